The molecule has 3 heterocycles. The minimum Gasteiger partial charge on any atom is -0.457 e. The highest BCUT2D eigenvalue weighted by Crippen LogP contribution is 2.35. The number of carbonyl (C=O) groups excluding carboxylic acids is 1. The van der Waals surface area contributed by atoms with E-state index < -0.39 is 20.0 Å². The van der Waals surface area contributed by atoms with Gasteiger partial charge in [-0.2, -0.15) is 0 Å². The van der Waals surface area contributed by atoms with Crippen molar-refractivity contribution in [3.8, 4) is 11.3 Å². The topological polar surface area (TPSA) is 165 Å². The van der Waals surface area contributed by atoms with Crippen LogP contribution in [-0.4, -0.2) is 44.3 Å². The number of aliphatic imine (C=N–C) groups is 1. The van der Waals surface area contributed by atoms with Gasteiger partial charge < -0.3 is 4.42 Å². The summed E-state index contributed by atoms with van der Waals surface area (Å²) in [6, 6.07) is 15.3. The molecule has 1 aliphatic rings. The van der Waals surface area contributed by atoms with E-state index in [9.17, 15) is 21.6 Å². The molecule has 4 aromatic rings. The van der Waals surface area contributed by atoms with Crippen LogP contribution in [0.1, 0.15) is 5.76 Å². The molecule has 15 heteroatoms. The summed E-state index contributed by atoms with van der Waals surface area (Å²) in [7, 11) is -7.62. The van der Waals surface area contributed by atoms with Crippen LogP contribution in [0.25, 0.3) is 17.4 Å². The van der Waals surface area contributed by atoms with Crippen molar-refractivity contribution >= 4 is 71.1 Å². The molecule has 0 bridgehead atoms. The Morgan fingerprint density at radius 1 is 1.02 bits per heavy atom. The zero-order valence-corrected chi connectivity index (χ0v) is 24.3. The number of primary sulfonamides is 1. The number of anilines is 1. The van der Waals surface area contributed by atoms with Crippen molar-refractivity contribution in [2.45, 2.75) is 9.79 Å². The Bertz CT molecular complexity index is 1880. The molecule has 0 unspecified atom stereocenters. The molecule has 210 valence electrons. The molecule has 5 rings (SSSR count). The van der Waals surface area contributed by atoms with Gasteiger partial charge >= 0.3 is 0 Å². The van der Waals surface area contributed by atoms with Gasteiger partial charge in [-0.15, -0.1) is 17.9 Å². The number of thiazole rings is 1. The first-order valence-electron chi connectivity index (χ1n) is 11.7. The van der Waals surface area contributed by atoms with Gasteiger partial charge in [-0.1, -0.05) is 6.08 Å². The van der Waals surface area contributed by atoms with Crippen LogP contribution in [0.4, 0.5) is 10.8 Å². The fraction of sp³-hybridized carbons (Fsp3) is 0.0385. The van der Waals surface area contributed by atoms with E-state index in [1.807, 2.05) is 0 Å². The zero-order valence-electron chi connectivity index (χ0n) is 21.0. The number of furan rings is 1. The average molecular weight is 628 g/mol. The van der Waals surface area contributed by atoms with Gasteiger partial charge in [0.1, 0.15) is 11.5 Å². The van der Waals surface area contributed by atoms with Crippen molar-refractivity contribution < 1.29 is 26.0 Å². The number of hydrogen-bond acceptors (Lipinski definition) is 10. The molecule has 11 nitrogen and oxygen atoms in total. The molecule has 1 saturated heterocycles. The average Bonchev–Trinajstić information content (AvgIpc) is 3.68. The normalized spacial score (nSPS) is 16.0. The SMILES string of the molecule is C=CCN1C(=O)C(=Cc2ccc(-c3ccc(S(N)(=O)=O)cc3)o2)SC1=Nc1ccc(S(=O)(=O)Nc2nccs2)cc1. The number of amides is 1. The second kappa shape index (κ2) is 11.5. The fourth-order valence-electron chi connectivity index (χ4n) is 3.66. The number of nitrogens with one attached hydrogen (secondary N) is 1. The molecule has 41 heavy (non-hydrogen) atoms. The standard InChI is InChI=1S/C26H21N5O6S4/c1-2-14-31-24(32)23(16-19-7-12-22(37-19)17-3-8-20(9-4-17)40(27,33)34)39-26(31)29-18-5-10-21(11-6-18)41(35,36)30-25-28-13-15-38-25/h2-13,15-16H,1,14H2,(H,28,30)(H2,27,33,34). The van der Waals surface area contributed by atoms with E-state index in [0.717, 1.165) is 11.8 Å². The number of nitrogens with two attached hydrogens (primary N) is 1. The Hall–Kier alpha value is -4.02. The minimum atomic E-state index is -3.81. The van der Waals surface area contributed by atoms with Crippen molar-refractivity contribution in [3.05, 3.63) is 95.6 Å². The molecule has 1 amide bonds. The second-order valence-corrected chi connectivity index (χ2v) is 13.6. The first-order chi connectivity index (χ1) is 19.5. The molecule has 1 aliphatic heterocycles. The van der Waals surface area contributed by atoms with Gasteiger partial charge in [0.15, 0.2) is 10.3 Å². The van der Waals surface area contributed by atoms with Gasteiger partial charge in [0.25, 0.3) is 15.9 Å². The fourth-order valence-corrected chi connectivity index (χ4v) is 6.96. The zero-order chi connectivity index (χ0) is 29.2. The molecule has 0 spiro atoms. The monoisotopic (exact) mass is 627 g/mol. The van der Waals surface area contributed by atoms with Gasteiger partial charge in [-0.05, 0) is 72.4 Å². The van der Waals surface area contributed by atoms with Crippen molar-refractivity contribution in [1.29, 1.82) is 0 Å². The Balaban J connectivity index is 1.36. The van der Waals surface area contributed by atoms with Crippen LogP contribution >= 0.6 is 23.1 Å². The number of sulfonamides is 2. The van der Waals surface area contributed by atoms with Gasteiger partial charge in [-0.3, -0.25) is 14.4 Å². The molecule has 0 saturated carbocycles. The lowest BCUT2D eigenvalue weighted by atomic mass is 10.2. The van der Waals surface area contributed by atoms with E-state index in [0.29, 0.717) is 32.8 Å². The lowest BCUT2D eigenvalue weighted by molar-refractivity contribution is -0.121. The molecular weight excluding hydrogens is 607 g/mol. The lowest BCUT2D eigenvalue weighted by Crippen LogP contribution is -2.29. The summed E-state index contributed by atoms with van der Waals surface area (Å²) in [6.07, 6.45) is 4.67. The summed E-state index contributed by atoms with van der Waals surface area (Å²) in [6.45, 7) is 3.93. The molecule has 2 aromatic carbocycles. The van der Waals surface area contributed by atoms with E-state index in [1.165, 1.54) is 46.7 Å². The van der Waals surface area contributed by atoms with Crippen LogP contribution in [0.5, 0.6) is 0 Å². The first kappa shape index (κ1) is 28.5. The third kappa shape index (κ3) is 6.49. The Labute approximate surface area is 244 Å². The highest BCUT2D eigenvalue weighted by Gasteiger charge is 2.33. The van der Waals surface area contributed by atoms with E-state index in [4.69, 9.17) is 9.56 Å². The summed E-state index contributed by atoms with van der Waals surface area (Å²) in [4.78, 5) is 23.5. The summed E-state index contributed by atoms with van der Waals surface area (Å²) >= 11 is 2.31. The quantitative estimate of drug-likeness (QED) is 0.200. The molecule has 0 radical (unpaired) electrons. The number of hydrogen-bond donors (Lipinski definition) is 2. The Kier molecular flexibility index (Phi) is 7.97. The number of rotatable bonds is 9. The molecule has 0 aliphatic carbocycles. The summed E-state index contributed by atoms with van der Waals surface area (Å²) in [5.74, 6) is 0.592. The van der Waals surface area contributed by atoms with Crippen LogP contribution in [0.2, 0.25) is 0 Å². The van der Waals surface area contributed by atoms with E-state index in [1.54, 1.807) is 53.9 Å². The van der Waals surface area contributed by atoms with Gasteiger partial charge in [0, 0.05) is 29.8 Å². The van der Waals surface area contributed by atoms with Gasteiger partial charge in [0.05, 0.1) is 20.4 Å². The number of carbonyl (C=O) groups is 1. The number of nitrogens with zero attached hydrogens (tertiary/aromatic N) is 3. The number of aromatic nitrogens is 1. The van der Waals surface area contributed by atoms with E-state index in [-0.39, 0.29) is 27.4 Å². The summed E-state index contributed by atoms with van der Waals surface area (Å²) < 4.78 is 56.5. The molecule has 2 aromatic heterocycles. The van der Waals surface area contributed by atoms with Crippen molar-refractivity contribution in [2.75, 3.05) is 11.3 Å². The Morgan fingerprint density at radius 2 is 1.73 bits per heavy atom. The predicted molar refractivity (Wildman–Crippen MR) is 159 cm³/mol. The molecule has 1 fully saturated rings. The van der Waals surface area contributed by atoms with Crippen molar-refractivity contribution in [2.24, 2.45) is 10.1 Å². The van der Waals surface area contributed by atoms with Crippen LogP contribution < -0.4 is 9.86 Å². The number of thioether (sulfide) groups is 1. The highest BCUT2D eigenvalue weighted by atomic mass is 32.2. The predicted octanol–water partition coefficient (Wildman–Crippen LogP) is 4.64. The van der Waals surface area contributed by atoms with Crippen molar-refractivity contribution in [3.63, 3.8) is 0 Å². The molecule has 0 atom stereocenters. The molecule has 3 N–H and O–H groups in total. The summed E-state index contributed by atoms with van der Waals surface area (Å²) in [5.41, 5.74) is 1.09. The summed E-state index contributed by atoms with van der Waals surface area (Å²) in [5, 5.41) is 7.47. The smallest absolute Gasteiger partial charge is 0.267 e. The first-order valence-corrected chi connectivity index (χ1v) is 16.4. The largest absolute Gasteiger partial charge is 0.457 e. The lowest BCUT2D eigenvalue weighted by Gasteiger charge is -2.12. The number of amidine groups is 1. The van der Waals surface area contributed by atoms with Crippen LogP contribution in [0.15, 0.2) is 109 Å². The van der Waals surface area contributed by atoms with Gasteiger partial charge in [-0.25, -0.2) is 32.0 Å². The number of benzene rings is 2. The van der Waals surface area contributed by atoms with E-state index >= 15 is 0 Å². The third-order valence-corrected chi connectivity index (χ3v) is 9.70. The molecular formula is C26H21N5O6S4. The third-order valence-electron chi connectivity index (χ3n) is 5.59. The van der Waals surface area contributed by atoms with Crippen LogP contribution in [-0.2, 0) is 24.8 Å². The van der Waals surface area contributed by atoms with Crippen LogP contribution in [0.3, 0.4) is 0 Å². The van der Waals surface area contributed by atoms with Crippen molar-refractivity contribution in [1.82, 2.24) is 9.88 Å². The maximum absolute atomic E-state index is 13.2. The second-order valence-electron chi connectivity index (χ2n) is 8.42. The van der Waals surface area contributed by atoms with Crippen LogP contribution in [0, 0.1) is 0 Å². The Morgan fingerprint density at radius 3 is 2.37 bits per heavy atom. The van der Waals surface area contributed by atoms with Gasteiger partial charge in [0.2, 0.25) is 10.0 Å². The maximum atomic E-state index is 13.2. The van der Waals surface area contributed by atoms with E-state index in [2.05, 4.69) is 21.3 Å². The highest BCUT2D eigenvalue weighted by molar-refractivity contribution is 8.18. The maximum Gasteiger partial charge on any atom is 0.267 e. The minimum absolute atomic E-state index is 0.0131.